The van der Waals surface area contributed by atoms with Crippen LogP contribution in [0.15, 0.2) is 0 Å². The summed E-state index contributed by atoms with van der Waals surface area (Å²) in [7, 11) is 1.67. The second-order valence-corrected chi connectivity index (χ2v) is 5.29. The van der Waals surface area contributed by atoms with E-state index in [9.17, 15) is 13.2 Å². The molecule has 0 spiro atoms. The van der Waals surface area contributed by atoms with E-state index in [-0.39, 0.29) is 12.0 Å². The SMILES string of the molecule is COCCNCC1(CCCOCC(F)(F)F)CCC1. The number of hydrogen-bond donors (Lipinski definition) is 1. The lowest BCUT2D eigenvalue weighted by atomic mass is 9.66. The summed E-state index contributed by atoms with van der Waals surface area (Å²) in [5, 5.41) is 3.35. The Balaban J connectivity index is 2.07. The first-order valence-electron chi connectivity index (χ1n) is 6.82. The summed E-state index contributed by atoms with van der Waals surface area (Å²) in [4.78, 5) is 0. The van der Waals surface area contributed by atoms with Crippen molar-refractivity contribution in [2.24, 2.45) is 5.41 Å². The van der Waals surface area contributed by atoms with Crippen molar-refractivity contribution in [2.45, 2.75) is 38.3 Å². The molecule has 0 atom stereocenters. The lowest BCUT2D eigenvalue weighted by Crippen LogP contribution is -2.41. The summed E-state index contributed by atoms with van der Waals surface area (Å²) in [5.41, 5.74) is 0.273. The quantitative estimate of drug-likeness (QED) is 0.625. The number of rotatable bonds is 10. The highest BCUT2D eigenvalue weighted by atomic mass is 19.4. The highest BCUT2D eigenvalue weighted by Gasteiger charge is 2.35. The van der Waals surface area contributed by atoms with Gasteiger partial charge in [-0.05, 0) is 31.1 Å². The molecule has 0 radical (unpaired) electrons. The Labute approximate surface area is 112 Å². The third kappa shape index (κ3) is 7.13. The zero-order valence-electron chi connectivity index (χ0n) is 11.5. The molecule has 3 nitrogen and oxygen atoms in total. The van der Waals surface area contributed by atoms with Crippen molar-refractivity contribution in [1.29, 1.82) is 0 Å². The average Bonchev–Trinajstić information content (AvgIpc) is 2.28. The van der Waals surface area contributed by atoms with Crippen LogP contribution in [0.2, 0.25) is 0 Å². The molecule has 1 saturated carbocycles. The molecule has 0 aliphatic heterocycles. The normalized spacial score (nSPS) is 18.3. The van der Waals surface area contributed by atoms with E-state index < -0.39 is 12.8 Å². The first-order chi connectivity index (χ1) is 8.97. The van der Waals surface area contributed by atoms with Gasteiger partial charge in [0.15, 0.2) is 0 Å². The summed E-state index contributed by atoms with van der Waals surface area (Å²) in [5.74, 6) is 0. The Morgan fingerprint density at radius 3 is 2.47 bits per heavy atom. The molecule has 0 heterocycles. The summed E-state index contributed by atoms with van der Waals surface area (Å²) >= 11 is 0. The van der Waals surface area contributed by atoms with Crippen LogP contribution in [0.1, 0.15) is 32.1 Å². The third-order valence-corrected chi connectivity index (χ3v) is 3.66. The molecule has 1 aliphatic rings. The van der Waals surface area contributed by atoms with Crippen LogP contribution in [0.25, 0.3) is 0 Å². The summed E-state index contributed by atoms with van der Waals surface area (Å²) in [6.45, 7) is 1.49. The number of nitrogens with one attached hydrogen (secondary N) is 1. The Kier molecular flexibility index (Phi) is 7.10. The van der Waals surface area contributed by atoms with Crippen molar-refractivity contribution in [3.8, 4) is 0 Å². The van der Waals surface area contributed by atoms with E-state index in [1.807, 2.05) is 0 Å². The Bertz CT molecular complexity index is 243. The predicted molar refractivity (Wildman–Crippen MR) is 67.1 cm³/mol. The van der Waals surface area contributed by atoms with Gasteiger partial charge in [0.05, 0.1) is 6.61 Å². The molecule has 1 N–H and O–H groups in total. The van der Waals surface area contributed by atoms with Crippen LogP contribution in [0.3, 0.4) is 0 Å². The zero-order valence-corrected chi connectivity index (χ0v) is 11.5. The Morgan fingerprint density at radius 1 is 1.21 bits per heavy atom. The van der Waals surface area contributed by atoms with Crippen molar-refractivity contribution < 1.29 is 22.6 Å². The van der Waals surface area contributed by atoms with Gasteiger partial charge in [0.2, 0.25) is 0 Å². The smallest absolute Gasteiger partial charge is 0.383 e. The van der Waals surface area contributed by atoms with E-state index in [1.54, 1.807) is 7.11 Å². The van der Waals surface area contributed by atoms with Crippen LogP contribution < -0.4 is 5.32 Å². The van der Waals surface area contributed by atoms with Gasteiger partial charge in [0, 0.05) is 26.8 Å². The minimum atomic E-state index is -4.21. The minimum absolute atomic E-state index is 0.194. The second kappa shape index (κ2) is 8.07. The van der Waals surface area contributed by atoms with Gasteiger partial charge >= 0.3 is 6.18 Å². The predicted octanol–water partition coefficient (Wildman–Crippen LogP) is 2.75. The molecule has 19 heavy (non-hydrogen) atoms. The standard InChI is InChI=1S/C13H24F3NO2/c1-18-9-7-17-10-12(4-2-5-12)6-3-8-19-11-13(14,15)16/h17H,2-11H2,1H3. The molecule has 0 saturated heterocycles. The third-order valence-electron chi connectivity index (χ3n) is 3.66. The monoisotopic (exact) mass is 283 g/mol. The molecule has 114 valence electrons. The number of methoxy groups -OCH3 is 1. The molecule has 0 aromatic rings. The summed E-state index contributed by atoms with van der Waals surface area (Å²) < 4.78 is 45.3. The lowest BCUT2D eigenvalue weighted by molar-refractivity contribution is -0.174. The molecular formula is C13H24F3NO2. The topological polar surface area (TPSA) is 30.5 Å². The van der Waals surface area contributed by atoms with Gasteiger partial charge in [0.25, 0.3) is 0 Å². The van der Waals surface area contributed by atoms with Crippen molar-refractivity contribution in [1.82, 2.24) is 5.32 Å². The number of halogens is 3. The molecule has 1 fully saturated rings. The molecular weight excluding hydrogens is 259 g/mol. The maximum Gasteiger partial charge on any atom is 0.411 e. The maximum absolute atomic E-state index is 11.9. The zero-order chi connectivity index (χ0) is 14.2. The second-order valence-electron chi connectivity index (χ2n) is 5.29. The van der Waals surface area contributed by atoms with Gasteiger partial charge < -0.3 is 14.8 Å². The fourth-order valence-corrected chi connectivity index (χ4v) is 2.46. The molecule has 6 heteroatoms. The summed E-state index contributed by atoms with van der Waals surface area (Å²) in [6.07, 6.45) is 0.955. The lowest BCUT2D eigenvalue weighted by Gasteiger charge is -2.42. The van der Waals surface area contributed by atoms with Crippen molar-refractivity contribution in [2.75, 3.05) is 40.0 Å². The van der Waals surface area contributed by atoms with Gasteiger partial charge in [-0.3, -0.25) is 0 Å². The van der Waals surface area contributed by atoms with Crippen molar-refractivity contribution in [3.63, 3.8) is 0 Å². The van der Waals surface area contributed by atoms with Crippen LogP contribution in [-0.4, -0.2) is 46.2 Å². The molecule has 0 bridgehead atoms. The Morgan fingerprint density at radius 2 is 1.95 bits per heavy atom. The van der Waals surface area contributed by atoms with Crippen LogP contribution in [0.5, 0.6) is 0 Å². The summed E-state index contributed by atoms with van der Waals surface area (Å²) in [6, 6.07) is 0. The fourth-order valence-electron chi connectivity index (χ4n) is 2.46. The molecule has 0 unspecified atom stereocenters. The van der Waals surface area contributed by atoms with Crippen LogP contribution in [0.4, 0.5) is 13.2 Å². The maximum atomic E-state index is 11.9. The van der Waals surface area contributed by atoms with E-state index in [1.165, 1.54) is 6.42 Å². The first kappa shape index (κ1) is 16.7. The number of ether oxygens (including phenoxy) is 2. The largest absolute Gasteiger partial charge is 0.411 e. The van der Waals surface area contributed by atoms with Gasteiger partial charge in [-0.25, -0.2) is 0 Å². The van der Waals surface area contributed by atoms with Crippen LogP contribution >= 0.6 is 0 Å². The highest BCUT2D eigenvalue weighted by Crippen LogP contribution is 2.44. The molecule has 0 aromatic heterocycles. The van der Waals surface area contributed by atoms with Gasteiger partial charge in [-0.2, -0.15) is 13.2 Å². The van der Waals surface area contributed by atoms with E-state index in [0.717, 1.165) is 32.4 Å². The van der Waals surface area contributed by atoms with E-state index in [2.05, 4.69) is 10.1 Å². The van der Waals surface area contributed by atoms with Crippen LogP contribution in [0, 0.1) is 5.41 Å². The van der Waals surface area contributed by atoms with E-state index >= 15 is 0 Å². The Hall–Kier alpha value is -0.330. The van der Waals surface area contributed by atoms with E-state index in [4.69, 9.17) is 4.74 Å². The molecule has 1 aliphatic carbocycles. The first-order valence-corrected chi connectivity index (χ1v) is 6.82. The highest BCUT2D eigenvalue weighted by molar-refractivity contribution is 4.89. The van der Waals surface area contributed by atoms with Crippen LogP contribution in [-0.2, 0) is 9.47 Å². The molecule has 1 rings (SSSR count). The van der Waals surface area contributed by atoms with Crippen molar-refractivity contribution in [3.05, 3.63) is 0 Å². The van der Waals surface area contributed by atoms with Crippen molar-refractivity contribution >= 4 is 0 Å². The van der Waals surface area contributed by atoms with Gasteiger partial charge in [-0.15, -0.1) is 0 Å². The van der Waals surface area contributed by atoms with Gasteiger partial charge in [-0.1, -0.05) is 6.42 Å². The average molecular weight is 283 g/mol. The number of hydrogen-bond acceptors (Lipinski definition) is 3. The van der Waals surface area contributed by atoms with Gasteiger partial charge in [0.1, 0.15) is 6.61 Å². The fraction of sp³-hybridized carbons (Fsp3) is 1.00. The van der Waals surface area contributed by atoms with E-state index in [0.29, 0.717) is 13.0 Å². The molecule has 0 aromatic carbocycles. The number of alkyl halides is 3. The molecule has 0 amide bonds. The minimum Gasteiger partial charge on any atom is -0.383 e.